The molecule has 3 heterocycles. The van der Waals surface area contributed by atoms with Crippen LogP contribution in [0.1, 0.15) is 25.0 Å². The van der Waals surface area contributed by atoms with Gasteiger partial charge in [-0.05, 0) is 43.9 Å². The highest BCUT2D eigenvalue weighted by molar-refractivity contribution is 7.89. The predicted molar refractivity (Wildman–Crippen MR) is 96.8 cm³/mol. The number of hydrogen-bond donors (Lipinski definition) is 0. The molecule has 26 heavy (non-hydrogen) atoms. The van der Waals surface area contributed by atoms with Crippen LogP contribution in [0.5, 0.6) is 0 Å². The topological polar surface area (TPSA) is 71.6 Å². The Kier molecular flexibility index (Phi) is 4.66. The van der Waals surface area contributed by atoms with Crippen molar-refractivity contribution >= 4 is 10.0 Å². The Labute approximate surface area is 154 Å². The Bertz CT molecular complexity index is 846. The van der Waals surface area contributed by atoms with Gasteiger partial charge in [0, 0.05) is 32.4 Å². The van der Waals surface area contributed by atoms with Crippen LogP contribution in [0, 0.1) is 11.8 Å². The SMILES string of the molecule is CN(Cc1ccco1)C1CCCC2CN(S(=O)(=O)c3cn(C)cn3)CC21. The summed E-state index contributed by atoms with van der Waals surface area (Å²) in [5, 5.41) is 0.152. The molecule has 2 fully saturated rings. The molecule has 4 rings (SSSR count). The summed E-state index contributed by atoms with van der Waals surface area (Å²) >= 11 is 0. The largest absolute Gasteiger partial charge is 0.468 e. The van der Waals surface area contributed by atoms with Gasteiger partial charge in [-0.1, -0.05) is 6.42 Å². The van der Waals surface area contributed by atoms with Gasteiger partial charge in [0.15, 0.2) is 5.03 Å². The van der Waals surface area contributed by atoms with E-state index in [0.717, 1.165) is 31.6 Å². The van der Waals surface area contributed by atoms with Crippen molar-refractivity contribution < 1.29 is 12.8 Å². The summed E-state index contributed by atoms with van der Waals surface area (Å²) in [6, 6.07) is 4.27. The van der Waals surface area contributed by atoms with Gasteiger partial charge in [0.25, 0.3) is 10.0 Å². The second kappa shape index (κ2) is 6.83. The Balaban J connectivity index is 1.50. The van der Waals surface area contributed by atoms with Crippen molar-refractivity contribution in [1.82, 2.24) is 18.8 Å². The van der Waals surface area contributed by atoms with Crippen LogP contribution < -0.4 is 0 Å². The molecule has 3 unspecified atom stereocenters. The fourth-order valence-electron chi connectivity index (χ4n) is 4.56. The Hall–Kier alpha value is -1.64. The lowest BCUT2D eigenvalue weighted by Crippen LogP contribution is -2.43. The van der Waals surface area contributed by atoms with Crippen LogP contribution in [0.25, 0.3) is 0 Å². The molecular weight excluding hydrogens is 352 g/mol. The highest BCUT2D eigenvalue weighted by Crippen LogP contribution is 2.40. The Morgan fingerprint density at radius 2 is 2.19 bits per heavy atom. The molecule has 0 N–H and O–H groups in total. The first-order valence-corrected chi connectivity index (χ1v) is 10.6. The fourth-order valence-corrected chi connectivity index (χ4v) is 6.06. The van der Waals surface area contributed by atoms with Crippen molar-refractivity contribution in [3.8, 4) is 0 Å². The lowest BCUT2D eigenvalue weighted by molar-refractivity contribution is 0.0999. The van der Waals surface area contributed by atoms with E-state index in [0.29, 0.717) is 31.0 Å². The van der Waals surface area contributed by atoms with Crippen molar-refractivity contribution in [3.05, 3.63) is 36.7 Å². The minimum absolute atomic E-state index is 0.152. The molecule has 1 aliphatic heterocycles. The second-order valence-corrected chi connectivity index (χ2v) is 9.50. The van der Waals surface area contributed by atoms with Crippen LogP contribution >= 0.6 is 0 Å². The van der Waals surface area contributed by atoms with E-state index < -0.39 is 10.0 Å². The van der Waals surface area contributed by atoms with E-state index in [2.05, 4.69) is 16.9 Å². The molecule has 1 aliphatic carbocycles. The van der Waals surface area contributed by atoms with Crippen LogP contribution in [0.4, 0.5) is 0 Å². The average Bonchev–Trinajstić information content (AvgIpc) is 3.34. The first kappa shape index (κ1) is 17.8. The predicted octanol–water partition coefficient (Wildman–Crippen LogP) is 1.93. The zero-order chi connectivity index (χ0) is 18.3. The van der Waals surface area contributed by atoms with Crippen molar-refractivity contribution in [2.24, 2.45) is 18.9 Å². The molecule has 1 saturated heterocycles. The van der Waals surface area contributed by atoms with Crippen molar-refractivity contribution in [2.45, 2.75) is 36.9 Å². The van der Waals surface area contributed by atoms with Gasteiger partial charge in [-0.2, -0.15) is 4.31 Å². The van der Waals surface area contributed by atoms with Crippen LogP contribution in [0.15, 0.2) is 40.4 Å². The number of nitrogens with zero attached hydrogens (tertiary/aromatic N) is 4. The number of aromatic nitrogens is 2. The summed E-state index contributed by atoms with van der Waals surface area (Å²) in [5.74, 6) is 1.74. The maximum Gasteiger partial charge on any atom is 0.262 e. The number of aryl methyl sites for hydroxylation is 1. The van der Waals surface area contributed by atoms with E-state index >= 15 is 0 Å². The molecule has 0 amide bonds. The fraction of sp³-hybridized carbons (Fsp3) is 0.611. The third-order valence-corrected chi connectivity index (χ3v) is 7.58. The van der Waals surface area contributed by atoms with E-state index in [1.807, 2.05) is 12.1 Å². The quantitative estimate of drug-likeness (QED) is 0.795. The van der Waals surface area contributed by atoms with Crippen molar-refractivity contribution in [3.63, 3.8) is 0 Å². The standard InChI is InChI=1S/C18H26N4O3S/c1-20-12-18(19-13-20)26(23,24)22-9-14-5-3-7-17(16(14)11-22)21(2)10-15-6-4-8-25-15/h4,6,8,12-14,16-17H,3,5,7,9-11H2,1-2H3. The highest BCUT2D eigenvalue weighted by atomic mass is 32.2. The lowest BCUT2D eigenvalue weighted by atomic mass is 9.77. The lowest BCUT2D eigenvalue weighted by Gasteiger charge is -2.38. The summed E-state index contributed by atoms with van der Waals surface area (Å²) < 4.78 is 34.7. The minimum Gasteiger partial charge on any atom is -0.468 e. The maximum absolute atomic E-state index is 12.9. The van der Waals surface area contributed by atoms with Crippen molar-refractivity contribution in [1.29, 1.82) is 0 Å². The Morgan fingerprint density at radius 3 is 2.88 bits per heavy atom. The summed E-state index contributed by atoms with van der Waals surface area (Å²) in [5.41, 5.74) is 0. The smallest absolute Gasteiger partial charge is 0.262 e. The molecule has 0 bridgehead atoms. The first-order chi connectivity index (χ1) is 12.4. The molecule has 2 aliphatic rings. The van der Waals surface area contributed by atoms with Crippen LogP contribution in [0.3, 0.4) is 0 Å². The van der Waals surface area contributed by atoms with E-state index in [4.69, 9.17) is 4.42 Å². The third kappa shape index (κ3) is 3.21. The molecule has 3 atom stereocenters. The van der Waals surface area contributed by atoms with Gasteiger partial charge in [0.2, 0.25) is 0 Å². The number of fused-ring (bicyclic) bond motifs is 1. The van der Waals surface area contributed by atoms with Gasteiger partial charge in [-0.25, -0.2) is 13.4 Å². The maximum atomic E-state index is 12.9. The summed E-state index contributed by atoms with van der Waals surface area (Å²) in [6.07, 6.45) is 8.17. The van der Waals surface area contributed by atoms with Crippen LogP contribution in [0.2, 0.25) is 0 Å². The van der Waals surface area contributed by atoms with Gasteiger partial charge in [0.05, 0.1) is 19.1 Å². The molecule has 0 aromatic carbocycles. The van der Waals surface area contributed by atoms with Crippen LogP contribution in [-0.2, 0) is 23.6 Å². The molecule has 0 spiro atoms. The summed E-state index contributed by atoms with van der Waals surface area (Å²) in [6.45, 7) is 1.94. The zero-order valence-corrected chi connectivity index (χ0v) is 16.1. The average molecular weight is 378 g/mol. The molecule has 0 radical (unpaired) electrons. The molecular formula is C18H26N4O3S. The number of hydrogen-bond acceptors (Lipinski definition) is 5. The zero-order valence-electron chi connectivity index (χ0n) is 15.3. The Morgan fingerprint density at radius 1 is 1.35 bits per heavy atom. The molecule has 8 heteroatoms. The van der Waals surface area contributed by atoms with E-state index in [1.54, 1.807) is 28.4 Å². The van der Waals surface area contributed by atoms with E-state index in [1.165, 1.54) is 6.33 Å². The van der Waals surface area contributed by atoms with Crippen LogP contribution in [-0.4, -0.2) is 53.4 Å². The summed E-state index contributed by atoms with van der Waals surface area (Å²) in [7, 11) is 0.393. The number of furan rings is 1. The second-order valence-electron chi connectivity index (χ2n) is 7.62. The minimum atomic E-state index is -3.51. The number of sulfonamides is 1. The van der Waals surface area contributed by atoms with Crippen molar-refractivity contribution in [2.75, 3.05) is 20.1 Å². The molecule has 142 valence electrons. The van der Waals surface area contributed by atoms with Gasteiger partial charge in [-0.3, -0.25) is 4.90 Å². The van der Waals surface area contributed by atoms with E-state index in [-0.39, 0.29) is 5.03 Å². The first-order valence-electron chi connectivity index (χ1n) is 9.16. The van der Waals surface area contributed by atoms with E-state index in [9.17, 15) is 8.42 Å². The normalized spacial score (nSPS) is 27.1. The third-order valence-electron chi connectivity index (χ3n) is 5.86. The van der Waals surface area contributed by atoms with Gasteiger partial charge in [0.1, 0.15) is 5.76 Å². The number of rotatable bonds is 5. The number of imidazole rings is 1. The summed E-state index contributed by atoms with van der Waals surface area (Å²) in [4.78, 5) is 6.39. The highest BCUT2D eigenvalue weighted by Gasteiger charge is 2.45. The molecule has 2 aromatic heterocycles. The molecule has 7 nitrogen and oxygen atoms in total. The molecule has 1 saturated carbocycles. The van der Waals surface area contributed by atoms with Gasteiger partial charge < -0.3 is 8.98 Å². The molecule has 2 aromatic rings. The monoisotopic (exact) mass is 378 g/mol. The van der Waals surface area contributed by atoms with Gasteiger partial charge >= 0.3 is 0 Å². The van der Waals surface area contributed by atoms with Gasteiger partial charge in [-0.15, -0.1) is 0 Å².